The predicted molar refractivity (Wildman–Crippen MR) is 110 cm³/mol. The lowest BCUT2D eigenvalue weighted by atomic mass is 10.1. The number of ether oxygens (including phenoxy) is 1. The highest BCUT2D eigenvalue weighted by atomic mass is 16.5. The largest absolute Gasteiger partial charge is 0.497 e. The average Bonchev–Trinajstić information content (AvgIpc) is 2.70. The summed E-state index contributed by atoms with van der Waals surface area (Å²) >= 11 is 0. The second-order valence-corrected chi connectivity index (χ2v) is 7.02. The molecule has 2 aromatic carbocycles. The van der Waals surface area contributed by atoms with Gasteiger partial charge in [-0.15, -0.1) is 0 Å². The molecule has 144 valence electrons. The molecule has 0 atom stereocenters. The van der Waals surface area contributed by atoms with E-state index < -0.39 is 0 Å². The summed E-state index contributed by atoms with van der Waals surface area (Å²) in [6.07, 6.45) is 0.818. The van der Waals surface area contributed by atoms with E-state index in [0.717, 1.165) is 38.3 Å². The molecule has 5 heteroatoms. The topological polar surface area (TPSA) is 44.8 Å². The van der Waals surface area contributed by atoms with Gasteiger partial charge in [-0.1, -0.05) is 24.3 Å². The fourth-order valence-corrected chi connectivity index (χ4v) is 3.45. The zero-order chi connectivity index (χ0) is 19.2. The highest BCUT2D eigenvalue weighted by molar-refractivity contribution is 5.74. The Balaban J connectivity index is 1.45. The van der Waals surface area contributed by atoms with Crippen LogP contribution < -0.4 is 15.0 Å². The Morgan fingerprint density at radius 2 is 1.74 bits per heavy atom. The highest BCUT2D eigenvalue weighted by Gasteiger charge is 2.22. The molecule has 5 nitrogen and oxygen atoms in total. The lowest BCUT2D eigenvalue weighted by Gasteiger charge is -2.37. The predicted octanol–water partition coefficient (Wildman–Crippen LogP) is 3.39. The van der Waals surface area contributed by atoms with Gasteiger partial charge >= 0.3 is 6.03 Å². The van der Waals surface area contributed by atoms with Crippen LogP contribution in [0.3, 0.4) is 0 Å². The number of carbonyl (C=O) groups is 1. The molecule has 1 fully saturated rings. The Labute approximate surface area is 161 Å². The van der Waals surface area contributed by atoms with Crippen molar-refractivity contribution < 1.29 is 9.53 Å². The van der Waals surface area contributed by atoms with Crippen LogP contribution in [0.1, 0.15) is 16.7 Å². The first-order valence-electron chi connectivity index (χ1n) is 9.55. The molecule has 0 aliphatic carbocycles. The number of methoxy groups -OCH3 is 1. The summed E-state index contributed by atoms with van der Waals surface area (Å²) in [5.41, 5.74) is 5.12. The minimum atomic E-state index is 0.0316. The molecule has 1 aliphatic heterocycles. The normalized spacial score (nSPS) is 14.2. The van der Waals surface area contributed by atoms with Gasteiger partial charge in [0.25, 0.3) is 0 Å². The molecule has 1 heterocycles. The van der Waals surface area contributed by atoms with Crippen molar-refractivity contribution in [3.63, 3.8) is 0 Å². The van der Waals surface area contributed by atoms with Gasteiger partial charge in [-0.05, 0) is 55.2 Å². The number of benzene rings is 2. The number of hydrogen-bond donors (Lipinski definition) is 1. The smallest absolute Gasteiger partial charge is 0.317 e. The first-order chi connectivity index (χ1) is 13.1. The third kappa shape index (κ3) is 4.73. The maximum atomic E-state index is 12.4. The van der Waals surface area contributed by atoms with Gasteiger partial charge in [0.2, 0.25) is 0 Å². The minimum Gasteiger partial charge on any atom is -0.497 e. The van der Waals surface area contributed by atoms with Crippen LogP contribution in [0.15, 0.2) is 42.5 Å². The van der Waals surface area contributed by atoms with Gasteiger partial charge in [0.15, 0.2) is 0 Å². The highest BCUT2D eigenvalue weighted by Crippen LogP contribution is 2.23. The zero-order valence-corrected chi connectivity index (χ0v) is 16.5. The fraction of sp³-hybridized carbons (Fsp3) is 0.409. The maximum Gasteiger partial charge on any atom is 0.317 e. The Kier molecular flexibility index (Phi) is 6.22. The van der Waals surface area contributed by atoms with Crippen molar-refractivity contribution in [3.05, 3.63) is 59.2 Å². The van der Waals surface area contributed by atoms with E-state index in [2.05, 4.69) is 42.3 Å². The van der Waals surface area contributed by atoms with Crippen LogP contribution in [0.5, 0.6) is 5.75 Å². The molecule has 0 bridgehead atoms. The van der Waals surface area contributed by atoms with Crippen LogP contribution in [-0.4, -0.2) is 50.8 Å². The first-order valence-corrected chi connectivity index (χ1v) is 9.55. The summed E-state index contributed by atoms with van der Waals surface area (Å²) in [5.74, 6) is 0.851. The van der Waals surface area contributed by atoms with Crippen LogP contribution in [-0.2, 0) is 6.42 Å². The number of anilines is 1. The maximum absolute atomic E-state index is 12.4. The summed E-state index contributed by atoms with van der Waals surface area (Å²) in [7, 11) is 1.66. The second-order valence-electron chi connectivity index (χ2n) is 7.02. The Morgan fingerprint density at radius 3 is 2.41 bits per heavy atom. The number of nitrogens with one attached hydrogen (secondary N) is 1. The summed E-state index contributed by atoms with van der Waals surface area (Å²) in [4.78, 5) is 16.7. The summed E-state index contributed by atoms with van der Waals surface area (Å²) in [5, 5.41) is 3.04. The van der Waals surface area contributed by atoms with E-state index in [1.54, 1.807) is 7.11 Å². The molecule has 2 amide bonds. The van der Waals surface area contributed by atoms with E-state index in [1.165, 1.54) is 22.4 Å². The lowest BCUT2D eigenvalue weighted by Crippen LogP contribution is -2.52. The number of hydrogen-bond acceptors (Lipinski definition) is 3. The summed E-state index contributed by atoms with van der Waals surface area (Å²) in [6, 6.07) is 14.4. The first kappa shape index (κ1) is 19.1. The van der Waals surface area contributed by atoms with E-state index >= 15 is 0 Å². The summed E-state index contributed by atoms with van der Waals surface area (Å²) in [6.45, 7) is 8.20. The van der Waals surface area contributed by atoms with Crippen LogP contribution in [0.4, 0.5) is 10.5 Å². The van der Waals surface area contributed by atoms with Crippen molar-refractivity contribution in [2.75, 3.05) is 44.7 Å². The Hall–Kier alpha value is -2.69. The quantitative estimate of drug-likeness (QED) is 0.881. The van der Waals surface area contributed by atoms with Gasteiger partial charge in [-0.2, -0.15) is 0 Å². The van der Waals surface area contributed by atoms with Crippen molar-refractivity contribution in [1.29, 1.82) is 0 Å². The van der Waals surface area contributed by atoms with Crippen LogP contribution >= 0.6 is 0 Å². The molecule has 0 aromatic heterocycles. The number of nitrogens with zero attached hydrogens (tertiary/aromatic N) is 2. The Bertz CT molecular complexity index is 766. The van der Waals surface area contributed by atoms with Gasteiger partial charge < -0.3 is 19.9 Å². The molecule has 0 radical (unpaired) electrons. The molecule has 1 N–H and O–H groups in total. The van der Waals surface area contributed by atoms with Crippen molar-refractivity contribution in [2.24, 2.45) is 0 Å². The van der Waals surface area contributed by atoms with Crippen molar-refractivity contribution in [2.45, 2.75) is 20.3 Å². The van der Waals surface area contributed by atoms with E-state index in [4.69, 9.17) is 4.74 Å². The monoisotopic (exact) mass is 367 g/mol. The molecular formula is C22H29N3O2. The summed E-state index contributed by atoms with van der Waals surface area (Å²) < 4.78 is 5.17. The van der Waals surface area contributed by atoms with E-state index in [-0.39, 0.29) is 6.03 Å². The molecular weight excluding hydrogens is 338 g/mol. The number of aryl methyl sites for hydroxylation is 1. The molecule has 3 rings (SSSR count). The van der Waals surface area contributed by atoms with Crippen LogP contribution in [0, 0.1) is 13.8 Å². The lowest BCUT2D eigenvalue weighted by molar-refractivity contribution is 0.194. The SMILES string of the molecule is COc1ccc(CCNC(=O)N2CCN(c3cccc(C)c3C)CC2)cc1. The fourth-order valence-electron chi connectivity index (χ4n) is 3.45. The number of urea groups is 1. The second kappa shape index (κ2) is 8.80. The molecule has 27 heavy (non-hydrogen) atoms. The van der Waals surface area contributed by atoms with Crippen molar-refractivity contribution in [3.8, 4) is 5.75 Å². The van der Waals surface area contributed by atoms with Crippen LogP contribution in [0.2, 0.25) is 0 Å². The van der Waals surface area contributed by atoms with Gasteiger partial charge in [-0.3, -0.25) is 0 Å². The van der Waals surface area contributed by atoms with Crippen molar-refractivity contribution >= 4 is 11.7 Å². The molecule has 0 unspecified atom stereocenters. The third-order valence-corrected chi connectivity index (χ3v) is 5.33. The Morgan fingerprint density at radius 1 is 1.04 bits per heavy atom. The average molecular weight is 367 g/mol. The van der Waals surface area contributed by atoms with E-state index in [1.807, 2.05) is 29.2 Å². The number of carbonyl (C=O) groups excluding carboxylic acids is 1. The number of piperazine rings is 1. The number of rotatable bonds is 5. The molecule has 1 saturated heterocycles. The van der Waals surface area contributed by atoms with Crippen molar-refractivity contribution in [1.82, 2.24) is 10.2 Å². The molecule has 1 aliphatic rings. The van der Waals surface area contributed by atoms with E-state index in [9.17, 15) is 4.79 Å². The zero-order valence-electron chi connectivity index (χ0n) is 16.5. The van der Waals surface area contributed by atoms with Gasteiger partial charge in [0, 0.05) is 38.4 Å². The van der Waals surface area contributed by atoms with Crippen LogP contribution in [0.25, 0.3) is 0 Å². The molecule has 2 aromatic rings. The standard InChI is InChI=1S/C22H29N3O2/c1-17-5-4-6-21(18(17)2)24-13-15-25(16-14-24)22(26)23-12-11-19-7-9-20(27-3)10-8-19/h4-10H,11-16H2,1-3H3,(H,23,26). The van der Waals surface area contributed by atoms with Gasteiger partial charge in [-0.25, -0.2) is 4.79 Å². The van der Waals surface area contributed by atoms with E-state index in [0.29, 0.717) is 6.54 Å². The number of amides is 2. The molecule has 0 saturated carbocycles. The van der Waals surface area contributed by atoms with Gasteiger partial charge in [0.1, 0.15) is 5.75 Å². The third-order valence-electron chi connectivity index (χ3n) is 5.33. The molecule has 0 spiro atoms. The van der Waals surface area contributed by atoms with Gasteiger partial charge in [0.05, 0.1) is 7.11 Å². The minimum absolute atomic E-state index is 0.0316.